The van der Waals surface area contributed by atoms with Crippen molar-refractivity contribution in [3.63, 3.8) is 0 Å². The molecule has 0 amide bonds. The second kappa shape index (κ2) is 5.62. The first-order valence-corrected chi connectivity index (χ1v) is 9.68. The molecule has 124 valence electrons. The molecule has 0 heterocycles. The maximum atomic E-state index is 13.1. The summed E-state index contributed by atoms with van der Waals surface area (Å²) in [5.41, 5.74) is 2.84. The van der Waals surface area contributed by atoms with Gasteiger partial charge in [0.15, 0.2) is 0 Å². The summed E-state index contributed by atoms with van der Waals surface area (Å²) in [5, 5.41) is 5.10. The van der Waals surface area contributed by atoms with Gasteiger partial charge in [0.05, 0.1) is 11.2 Å². The molecule has 1 unspecified atom stereocenters. The largest absolute Gasteiger partial charge is 0.286 e. The van der Waals surface area contributed by atoms with E-state index < -0.39 is 5.41 Å². The molecule has 0 aliphatic heterocycles. The highest BCUT2D eigenvalue weighted by atomic mass is 32.2. The van der Waals surface area contributed by atoms with Crippen LogP contribution >= 0.6 is 11.8 Å². The zero-order valence-electron chi connectivity index (χ0n) is 14.2. The number of fused-ring (bicyclic) bond motifs is 7. The summed E-state index contributed by atoms with van der Waals surface area (Å²) in [6, 6.07) is 17.1. The van der Waals surface area contributed by atoms with Crippen LogP contribution in [0.15, 0.2) is 66.3 Å². The van der Waals surface area contributed by atoms with Crippen molar-refractivity contribution < 1.29 is 4.79 Å². The van der Waals surface area contributed by atoms with Gasteiger partial charge in [-0.25, -0.2) is 0 Å². The van der Waals surface area contributed by atoms with Crippen LogP contribution in [0.2, 0.25) is 0 Å². The first kappa shape index (κ1) is 15.5. The van der Waals surface area contributed by atoms with Gasteiger partial charge in [0.25, 0.3) is 0 Å². The lowest BCUT2D eigenvalue weighted by atomic mass is 9.78. The minimum atomic E-state index is -0.559. The highest BCUT2D eigenvalue weighted by molar-refractivity contribution is 8.14. The van der Waals surface area contributed by atoms with E-state index in [1.165, 1.54) is 38.9 Å². The summed E-state index contributed by atoms with van der Waals surface area (Å²) in [6.45, 7) is 0. The Kier molecular flexibility index (Phi) is 3.35. The van der Waals surface area contributed by atoms with Crippen molar-refractivity contribution >= 4 is 44.5 Å². The van der Waals surface area contributed by atoms with E-state index in [2.05, 4.69) is 72.7 Å². The third-order valence-corrected chi connectivity index (χ3v) is 6.50. The Morgan fingerprint density at radius 2 is 1.92 bits per heavy atom. The molecule has 3 aromatic rings. The van der Waals surface area contributed by atoms with Crippen LogP contribution in [-0.4, -0.2) is 10.9 Å². The first-order chi connectivity index (χ1) is 12.8. The highest BCUT2D eigenvalue weighted by Crippen LogP contribution is 2.53. The minimum Gasteiger partial charge on any atom is -0.286 e. The van der Waals surface area contributed by atoms with Crippen LogP contribution in [0.5, 0.6) is 0 Å². The van der Waals surface area contributed by atoms with Crippen molar-refractivity contribution in [2.45, 2.75) is 11.8 Å². The SMILES string of the molecule is C#CCSC(=O)C12CC=CC1=Cc1c2ccc2c1ccc1ccccc12. The van der Waals surface area contributed by atoms with E-state index in [-0.39, 0.29) is 5.12 Å². The summed E-state index contributed by atoms with van der Waals surface area (Å²) in [5.74, 6) is 2.99. The second-order valence-electron chi connectivity index (χ2n) is 6.80. The van der Waals surface area contributed by atoms with Gasteiger partial charge in [-0.1, -0.05) is 78.4 Å². The quantitative estimate of drug-likeness (QED) is 0.449. The molecule has 0 fully saturated rings. The van der Waals surface area contributed by atoms with Gasteiger partial charge in [-0.15, -0.1) is 6.42 Å². The van der Waals surface area contributed by atoms with Crippen LogP contribution in [0.25, 0.3) is 27.6 Å². The normalized spacial score (nSPS) is 20.0. The summed E-state index contributed by atoms with van der Waals surface area (Å²) < 4.78 is 0. The molecular weight excluding hydrogens is 336 g/mol. The number of allylic oxidation sites excluding steroid dienone is 3. The molecule has 1 atom stereocenters. The maximum absolute atomic E-state index is 13.1. The standard InChI is InChI=1S/C24H16OS/c1-2-14-26-23(25)24-13-5-7-17(24)15-21-20-10-9-16-6-3-4-8-18(16)19(20)11-12-22(21)24/h1,3-12,15H,13-14H2. The van der Waals surface area contributed by atoms with Gasteiger partial charge in [-0.05, 0) is 50.7 Å². The van der Waals surface area contributed by atoms with Gasteiger partial charge in [0, 0.05) is 0 Å². The van der Waals surface area contributed by atoms with Crippen molar-refractivity contribution in [2.24, 2.45) is 0 Å². The summed E-state index contributed by atoms with van der Waals surface area (Å²) in [7, 11) is 0. The molecule has 26 heavy (non-hydrogen) atoms. The van der Waals surface area contributed by atoms with Gasteiger partial charge < -0.3 is 0 Å². The molecule has 2 aliphatic rings. The van der Waals surface area contributed by atoms with E-state index in [0.717, 1.165) is 17.6 Å². The Bertz CT molecular complexity index is 1190. The molecule has 0 bridgehead atoms. The predicted octanol–water partition coefficient (Wildman–Crippen LogP) is 5.48. The van der Waals surface area contributed by atoms with Crippen molar-refractivity contribution in [3.05, 3.63) is 77.4 Å². The zero-order valence-corrected chi connectivity index (χ0v) is 15.0. The molecule has 0 saturated carbocycles. The molecule has 2 heteroatoms. The van der Waals surface area contributed by atoms with E-state index in [4.69, 9.17) is 6.42 Å². The van der Waals surface area contributed by atoms with E-state index in [9.17, 15) is 4.79 Å². The third kappa shape index (κ3) is 1.92. The van der Waals surface area contributed by atoms with Crippen LogP contribution < -0.4 is 0 Å². The van der Waals surface area contributed by atoms with E-state index in [1.807, 2.05) is 0 Å². The molecule has 0 spiro atoms. The molecular formula is C24H16OS. The van der Waals surface area contributed by atoms with Crippen molar-refractivity contribution in [1.82, 2.24) is 0 Å². The van der Waals surface area contributed by atoms with Crippen LogP contribution in [0, 0.1) is 12.3 Å². The second-order valence-corrected chi connectivity index (χ2v) is 7.75. The molecule has 0 N–H and O–H groups in total. The Morgan fingerprint density at radius 3 is 2.81 bits per heavy atom. The lowest BCUT2D eigenvalue weighted by Crippen LogP contribution is -2.31. The van der Waals surface area contributed by atoms with Crippen LogP contribution in [-0.2, 0) is 10.2 Å². The van der Waals surface area contributed by atoms with Gasteiger partial charge in [0.1, 0.15) is 0 Å². The zero-order chi connectivity index (χ0) is 17.7. The molecule has 0 radical (unpaired) electrons. The van der Waals surface area contributed by atoms with Crippen LogP contribution in [0.3, 0.4) is 0 Å². The number of carbonyl (C=O) groups is 1. The number of benzene rings is 3. The lowest BCUT2D eigenvalue weighted by molar-refractivity contribution is -0.114. The average molecular weight is 352 g/mol. The molecule has 0 saturated heterocycles. The topological polar surface area (TPSA) is 17.1 Å². The van der Waals surface area contributed by atoms with E-state index >= 15 is 0 Å². The van der Waals surface area contributed by atoms with Crippen LogP contribution in [0.4, 0.5) is 0 Å². The number of hydrogen-bond acceptors (Lipinski definition) is 2. The van der Waals surface area contributed by atoms with Gasteiger partial charge >= 0.3 is 0 Å². The molecule has 1 nitrogen and oxygen atoms in total. The third-order valence-electron chi connectivity index (χ3n) is 5.58. The summed E-state index contributed by atoms with van der Waals surface area (Å²) in [6.07, 6.45) is 12.5. The number of rotatable bonds is 2. The Hall–Kier alpha value is -2.76. The molecule has 0 aromatic heterocycles. The van der Waals surface area contributed by atoms with Gasteiger partial charge in [-0.2, -0.15) is 0 Å². The molecule has 2 aliphatic carbocycles. The number of hydrogen-bond donors (Lipinski definition) is 0. The van der Waals surface area contributed by atoms with Gasteiger partial charge in [-0.3, -0.25) is 4.79 Å². The number of thioether (sulfide) groups is 1. The summed E-state index contributed by atoms with van der Waals surface area (Å²) >= 11 is 1.26. The Balaban J connectivity index is 1.78. The Labute approximate surface area is 156 Å². The van der Waals surface area contributed by atoms with Crippen molar-refractivity contribution in [1.29, 1.82) is 0 Å². The fourth-order valence-corrected chi connectivity index (χ4v) is 5.17. The number of terminal acetylenes is 1. The fraction of sp³-hybridized carbons (Fsp3) is 0.125. The minimum absolute atomic E-state index is 0.158. The Morgan fingerprint density at radius 1 is 1.08 bits per heavy atom. The van der Waals surface area contributed by atoms with Crippen LogP contribution in [0.1, 0.15) is 17.5 Å². The first-order valence-electron chi connectivity index (χ1n) is 8.70. The van der Waals surface area contributed by atoms with Crippen molar-refractivity contribution in [3.8, 4) is 12.3 Å². The predicted molar refractivity (Wildman–Crippen MR) is 111 cm³/mol. The van der Waals surface area contributed by atoms with E-state index in [1.54, 1.807) is 0 Å². The smallest absolute Gasteiger partial charge is 0.205 e. The monoisotopic (exact) mass is 352 g/mol. The van der Waals surface area contributed by atoms with E-state index in [0.29, 0.717) is 5.75 Å². The number of carbonyl (C=O) groups excluding carboxylic acids is 1. The lowest BCUT2D eigenvalue weighted by Gasteiger charge is -2.26. The summed E-state index contributed by atoms with van der Waals surface area (Å²) in [4.78, 5) is 13.1. The average Bonchev–Trinajstić information content (AvgIpc) is 3.23. The molecule has 5 rings (SSSR count). The maximum Gasteiger partial charge on any atom is 0.205 e. The molecule has 3 aromatic carbocycles. The fourth-order valence-electron chi connectivity index (χ4n) is 4.40. The highest BCUT2D eigenvalue weighted by Gasteiger charge is 2.48. The van der Waals surface area contributed by atoms with Gasteiger partial charge in [0.2, 0.25) is 5.12 Å². The van der Waals surface area contributed by atoms with Crippen molar-refractivity contribution in [2.75, 3.05) is 5.75 Å².